The molecule has 0 unspecified atom stereocenters. The van der Waals surface area contributed by atoms with Gasteiger partial charge in [0.15, 0.2) is 15.9 Å². The van der Waals surface area contributed by atoms with Crippen LogP contribution in [0.25, 0.3) is 6.08 Å². The van der Waals surface area contributed by atoms with E-state index in [1.54, 1.807) is 18.2 Å². The van der Waals surface area contributed by atoms with Crippen LogP contribution in [0.15, 0.2) is 30.3 Å². The number of amides is 1. The van der Waals surface area contributed by atoms with E-state index in [0.717, 1.165) is 5.56 Å². The van der Waals surface area contributed by atoms with Gasteiger partial charge in [0.25, 0.3) is 5.91 Å². The zero-order valence-corrected chi connectivity index (χ0v) is 15.6. The average Bonchev–Trinajstić information content (AvgIpc) is 2.92. The predicted molar refractivity (Wildman–Crippen MR) is 97.4 cm³/mol. The minimum Gasteiger partial charge on any atom is -0.493 e. The molecule has 0 radical (unpaired) electrons. The van der Waals surface area contributed by atoms with Crippen LogP contribution >= 0.6 is 0 Å². The molecule has 1 aliphatic heterocycles. The van der Waals surface area contributed by atoms with Gasteiger partial charge in [0.2, 0.25) is 0 Å². The molecule has 8 heteroatoms. The molecule has 0 saturated carbocycles. The van der Waals surface area contributed by atoms with Gasteiger partial charge in [0.1, 0.15) is 5.75 Å². The van der Waals surface area contributed by atoms with Crippen LogP contribution < -0.4 is 10.1 Å². The number of para-hydroxylation sites is 1. The molecule has 26 heavy (non-hydrogen) atoms. The number of sulfone groups is 1. The van der Waals surface area contributed by atoms with Crippen LogP contribution in [0.5, 0.6) is 5.75 Å². The van der Waals surface area contributed by atoms with Gasteiger partial charge in [0, 0.05) is 17.7 Å². The molecule has 1 amide bonds. The second-order valence-corrected chi connectivity index (χ2v) is 8.22. The van der Waals surface area contributed by atoms with Crippen molar-refractivity contribution in [3.63, 3.8) is 0 Å². The second kappa shape index (κ2) is 8.84. The Morgan fingerprint density at radius 3 is 2.73 bits per heavy atom. The number of hydrogen-bond donors (Lipinski definition) is 1. The number of carbonyl (C=O) groups excluding carboxylic acids is 2. The molecule has 1 fully saturated rings. The Kier molecular flexibility index (Phi) is 6.79. The standard InChI is InChI=1S/C18H23NO6S/c1-3-24-16-7-5-4-6-14(16)8-9-17(20)25-13(2)18(21)19-15-10-11-26(22,23)12-15/h4-9,13,15H,3,10-12H2,1-2H3,(H,19,21)/b9-8+/t13-,15+/m0/s1. The van der Waals surface area contributed by atoms with Gasteiger partial charge >= 0.3 is 5.97 Å². The zero-order valence-electron chi connectivity index (χ0n) is 14.8. The lowest BCUT2D eigenvalue weighted by molar-refractivity contribution is -0.150. The molecule has 1 aromatic rings. The summed E-state index contributed by atoms with van der Waals surface area (Å²) in [5, 5.41) is 2.60. The summed E-state index contributed by atoms with van der Waals surface area (Å²) in [6, 6.07) is 6.81. The van der Waals surface area contributed by atoms with Crippen molar-refractivity contribution < 1.29 is 27.5 Å². The molecule has 0 aromatic heterocycles. The summed E-state index contributed by atoms with van der Waals surface area (Å²) in [4.78, 5) is 23.9. The summed E-state index contributed by atoms with van der Waals surface area (Å²) in [5.41, 5.74) is 0.722. The Hall–Kier alpha value is -2.35. The third kappa shape index (κ3) is 5.87. The number of benzene rings is 1. The smallest absolute Gasteiger partial charge is 0.331 e. The van der Waals surface area contributed by atoms with E-state index in [-0.39, 0.29) is 11.5 Å². The van der Waals surface area contributed by atoms with Crippen molar-refractivity contribution >= 4 is 27.8 Å². The average molecular weight is 381 g/mol. The summed E-state index contributed by atoms with van der Waals surface area (Å²) in [5.74, 6) is -0.546. The third-order valence-electron chi connectivity index (χ3n) is 3.86. The maximum absolute atomic E-state index is 12.0. The first-order chi connectivity index (χ1) is 12.3. The second-order valence-electron chi connectivity index (χ2n) is 5.99. The molecule has 7 nitrogen and oxygen atoms in total. The quantitative estimate of drug-likeness (QED) is 0.565. The first-order valence-electron chi connectivity index (χ1n) is 8.42. The van der Waals surface area contributed by atoms with E-state index < -0.39 is 33.9 Å². The van der Waals surface area contributed by atoms with E-state index in [1.807, 2.05) is 19.1 Å². The maximum Gasteiger partial charge on any atom is 0.331 e. The molecule has 0 aliphatic carbocycles. The lowest BCUT2D eigenvalue weighted by Gasteiger charge is -2.15. The molecule has 1 saturated heterocycles. The molecule has 2 atom stereocenters. The van der Waals surface area contributed by atoms with Gasteiger partial charge < -0.3 is 14.8 Å². The molecular formula is C18H23NO6S. The molecule has 142 valence electrons. The molecule has 1 aromatic carbocycles. The number of ether oxygens (including phenoxy) is 2. The topological polar surface area (TPSA) is 98.8 Å². The highest BCUT2D eigenvalue weighted by atomic mass is 32.2. The molecule has 1 N–H and O–H groups in total. The van der Waals surface area contributed by atoms with Crippen molar-refractivity contribution in [2.45, 2.75) is 32.4 Å². The minimum absolute atomic E-state index is 0.0636. The third-order valence-corrected chi connectivity index (χ3v) is 5.63. The lowest BCUT2D eigenvalue weighted by Crippen LogP contribution is -2.42. The fourth-order valence-corrected chi connectivity index (χ4v) is 4.23. The fourth-order valence-electron chi connectivity index (χ4n) is 2.56. The SMILES string of the molecule is CCOc1ccccc1/C=C/C(=O)O[C@@H](C)C(=O)N[C@@H]1CCS(=O)(=O)C1. The highest BCUT2D eigenvalue weighted by Crippen LogP contribution is 2.19. The van der Waals surface area contributed by atoms with E-state index in [2.05, 4.69) is 5.32 Å². The molecule has 1 heterocycles. The summed E-state index contributed by atoms with van der Waals surface area (Å²) in [7, 11) is -3.08. The number of esters is 1. The number of carbonyl (C=O) groups is 2. The number of nitrogens with one attached hydrogen (secondary N) is 1. The van der Waals surface area contributed by atoms with Crippen LogP contribution in [0.1, 0.15) is 25.8 Å². The summed E-state index contributed by atoms with van der Waals surface area (Å²) in [6.45, 7) is 3.81. The Balaban J connectivity index is 1.88. The summed E-state index contributed by atoms with van der Waals surface area (Å²) >= 11 is 0. The Bertz CT molecular complexity index is 787. The van der Waals surface area contributed by atoms with Crippen LogP contribution in [0.4, 0.5) is 0 Å². The molecule has 0 spiro atoms. The highest BCUT2D eigenvalue weighted by Gasteiger charge is 2.30. The van der Waals surface area contributed by atoms with Crippen LogP contribution in [-0.2, 0) is 24.2 Å². The van der Waals surface area contributed by atoms with Gasteiger partial charge in [-0.15, -0.1) is 0 Å². The normalized spacial score (nSPS) is 19.8. The van der Waals surface area contributed by atoms with Gasteiger partial charge in [-0.1, -0.05) is 18.2 Å². The van der Waals surface area contributed by atoms with Crippen LogP contribution in [0.3, 0.4) is 0 Å². The van der Waals surface area contributed by atoms with Gasteiger partial charge in [-0.05, 0) is 32.4 Å². The van der Waals surface area contributed by atoms with Crippen molar-refractivity contribution in [2.24, 2.45) is 0 Å². The lowest BCUT2D eigenvalue weighted by atomic mass is 10.2. The van der Waals surface area contributed by atoms with E-state index >= 15 is 0 Å². The van der Waals surface area contributed by atoms with Crippen molar-refractivity contribution in [1.82, 2.24) is 5.32 Å². The molecule has 0 bridgehead atoms. The summed E-state index contributed by atoms with van der Waals surface area (Å²) in [6.07, 6.45) is 2.14. The van der Waals surface area contributed by atoms with E-state index in [4.69, 9.17) is 9.47 Å². The first-order valence-corrected chi connectivity index (χ1v) is 10.2. The Labute approximate surface area is 153 Å². The largest absolute Gasteiger partial charge is 0.493 e. The van der Waals surface area contributed by atoms with Crippen molar-refractivity contribution in [3.05, 3.63) is 35.9 Å². The van der Waals surface area contributed by atoms with Gasteiger partial charge in [-0.2, -0.15) is 0 Å². The molecular weight excluding hydrogens is 358 g/mol. The molecule has 1 aliphatic rings. The van der Waals surface area contributed by atoms with E-state index in [9.17, 15) is 18.0 Å². The van der Waals surface area contributed by atoms with Crippen LogP contribution in [0, 0.1) is 0 Å². The first kappa shape index (κ1) is 20.0. The predicted octanol–water partition coefficient (Wildman–Crippen LogP) is 1.33. The fraction of sp³-hybridized carbons (Fsp3) is 0.444. The number of rotatable bonds is 7. The Morgan fingerprint density at radius 1 is 1.35 bits per heavy atom. The minimum atomic E-state index is -3.08. The van der Waals surface area contributed by atoms with Crippen LogP contribution in [0.2, 0.25) is 0 Å². The van der Waals surface area contributed by atoms with Crippen molar-refractivity contribution in [1.29, 1.82) is 0 Å². The van der Waals surface area contributed by atoms with Gasteiger partial charge in [-0.3, -0.25) is 4.79 Å². The maximum atomic E-state index is 12.0. The van der Waals surface area contributed by atoms with Crippen LogP contribution in [-0.4, -0.2) is 50.6 Å². The Morgan fingerprint density at radius 2 is 2.08 bits per heavy atom. The zero-order chi connectivity index (χ0) is 19.2. The van der Waals surface area contributed by atoms with E-state index in [1.165, 1.54) is 13.0 Å². The molecule has 2 rings (SSSR count). The highest BCUT2D eigenvalue weighted by molar-refractivity contribution is 7.91. The van der Waals surface area contributed by atoms with Gasteiger partial charge in [0.05, 0.1) is 18.1 Å². The summed E-state index contributed by atoms with van der Waals surface area (Å²) < 4.78 is 33.3. The van der Waals surface area contributed by atoms with Crippen molar-refractivity contribution in [3.8, 4) is 5.75 Å². The number of hydrogen-bond acceptors (Lipinski definition) is 6. The van der Waals surface area contributed by atoms with Gasteiger partial charge in [-0.25, -0.2) is 13.2 Å². The van der Waals surface area contributed by atoms with Crippen molar-refractivity contribution in [2.75, 3.05) is 18.1 Å². The monoisotopic (exact) mass is 381 g/mol. The van der Waals surface area contributed by atoms with E-state index in [0.29, 0.717) is 18.8 Å².